The molecule has 0 spiro atoms. The fourth-order valence-electron chi connectivity index (χ4n) is 2.67. The molecule has 4 heteroatoms. The van der Waals surface area contributed by atoms with Crippen LogP contribution in [0.4, 0.5) is 0 Å². The average molecular weight is 259 g/mol. The normalized spacial score (nSPS) is 28.5. The van der Waals surface area contributed by atoms with Crippen molar-refractivity contribution in [2.45, 2.75) is 44.6 Å². The van der Waals surface area contributed by atoms with E-state index in [0.29, 0.717) is 26.4 Å². The number of methoxy groups -OCH3 is 1. The summed E-state index contributed by atoms with van der Waals surface area (Å²) < 4.78 is 15.8. The first-order valence-corrected chi connectivity index (χ1v) is 7.09. The van der Waals surface area contributed by atoms with Crippen molar-refractivity contribution in [2.24, 2.45) is 11.7 Å². The first-order chi connectivity index (χ1) is 8.66. The van der Waals surface area contributed by atoms with Crippen LogP contribution < -0.4 is 5.73 Å². The zero-order valence-electron chi connectivity index (χ0n) is 12.0. The van der Waals surface area contributed by atoms with Gasteiger partial charge in [0.1, 0.15) is 0 Å². The summed E-state index contributed by atoms with van der Waals surface area (Å²) >= 11 is 0. The Bertz CT molecular complexity index is 213. The number of hydrogen-bond acceptors (Lipinski definition) is 4. The van der Waals surface area contributed by atoms with E-state index in [1.807, 2.05) is 0 Å². The predicted molar refractivity (Wildman–Crippen MR) is 72.7 cm³/mol. The molecule has 4 nitrogen and oxygen atoms in total. The Morgan fingerprint density at radius 1 is 1.11 bits per heavy atom. The molecule has 1 rings (SSSR count). The van der Waals surface area contributed by atoms with E-state index in [-0.39, 0.29) is 5.54 Å². The number of hydrogen-bond donors (Lipinski definition) is 1. The quantitative estimate of drug-likeness (QED) is 0.643. The lowest BCUT2D eigenvalue weighted by atomic mass is 9.75. The van der Waals surface area contributed by atoms with Crippen LogP contribution in [0, 0.1) is 5.92 Å². The molecule has 1 fully saturated rings. The molecule has 0 radical (unpaired) electrons. The number of rotatable bonds is 9. The minimum absolute atomic E-state index is 0.00851. The first kappa shape index (κ1) is 15.9. The minimum atomic E-state index is 0.00851. The number of nitrogens with two attached hydrogens (primary N) is 1. The Hall–Kier alpha value is -0.160. The zero-order valence-corrected chi connectivity index (χ0v) is 12.0. The summed E-state index contributed by atoms with van der Waals surface area (Å²) in [6.07, 6.45) is 5.84. The highest BCUT2D eigenvalue weighted by atomic mass is 16.5. The van der Waals surface area contributed by atoms with Crippen LogP contribution in [-0.4, -0.2) is 45.7 Å². The molecule has 0 bridgehead atoms. The van der Waals surface area contributed by atoms with Crippen LogP contribution in [0.15, 0.2) is 0 Å². The van der Waals surface area contributed by atoms with Crippen LogP contribution in [0.2, 0.25) is 0 Å². The first-order valence-electron chi connectivity index (χ1n) is 7.09. The summed E-state index contributed by atoms with van der Waals surface area (Å²) in [7, 11) is 1.67. The smallest absolute Gasteiger partial charge is 0.0701 e. The molecule has 0 saturated heterocycles. The van der Waals surface area contributed by atoms with Crippen molar-refractivity contribution in [2.75, 3.05) is 40.1 Å². The molecule has 18 heavy (non-hydrogen) atoms. The molecule has 0 aliphatic heterocycles. The minimum Gasteiger partial charge on any atom is -0.382 e. The van der Waals surface area contributed by atoms with Crippen LogP contribution in [-0.2, 0) is 14.2 Å². The summed E-state index contributed by atoms with van der Waals surface area (Å²) in [6, 6.07) is 0. The van der Waals surface area contributed by atoms with Gasteiger partial charge in [0.25, 0.3) is 0 Å². The standard InChI is InChI=1S/C14H29NO3/c1-13-4-3-5-14(15,12-13)6-7-17-10-11-18-9-8-16-2/h13H,3-12,15H2,1-2H3. The highest BCUT2D eigenvalue weighted by Crippen LogP contribution is 2.32. The van der Waals surface area contributed by atoms with E-state index in [4.69, 9.17) is 19.9 Å². The molecule has 2 N–H and O–H groups in total. The van der Waals surface area contributed by atoms with Gasteiger partial charge in [0.15, 0.2) is 0 Å². The van der Waals surface area contributed by atoms with E-state index in [2.05, 4.69) is 6.92 Å². The fourth-order valence-corrected chi connectivity index (χ4v) is 2.67. The summed E-state index contributed by atoms with van der Waals surface area (Å²) in [5, 5.41) is 0. The SMILES string of the molecule is COCCOCCOCCC1(N)CCCC(C)C1. The molecule has 0 heterocycles. The van der Waals surface area contributed by atoms with Gasteiger partial charge in [0.05, 0.1) is 26.4 Å². The van der Waals surface area contributed by atoms with Gasteiger partial charge in [-0.1, -0.05) is 19.8 Å². The van der Waals surface area contributed by atoms with E-state index in [1.54, 1.807) is 7.11 Å². The van der Waals surface area contributed by atoms with Gasteiger partial charge in [-0.2, -0.15) is 0 Å². The zero-order chi connectivity index (χ0) is 13.3. The molecule has 2 atom stereocenters. The molecule has 0 aromatic rings. The highest BCUT2D eigenvalue weighted by Gasteiger charge is 2.30. The van der Waals surface area contributed by atoms with Crippen molar-refractivity contribution in [3.05, 3.63) is 0 Å². The third-order valence-corrected chi connectivity index (χ3v) is 3.67. The molecule has 1 aliphatic rings. The predicted octanol–water partition coefficient (Wildman–Crippen LogP) is 1.96. The lowest BCUT2D eigenvalue weighted by Gasteiger charge is -2.36. The second-order valence-electron chi connectivity index (χ2n) is 5.53. The van der Waals surface area contributed by atoms with E-state index in [0.717, 1.165) is 31.8 Å². The molecule has 1 saturated carbocycles. The van der Waals surface area contributed by atoms with Gasteiger partial charge in [0, 0.05) is 19.3 Å². The maximum atomic E-state index is 6.40. The van der Waals surface area contributed by atoms with Crippen molar-refractivity contribution >= 4 is 0 Å². The van der Waals surface area contributed by atoms with Crippen LogP contribution in [0.5, 0.6) is 0 Å². The van der Waals surface area contributed by atoms with Crippen molar-refractivity contribution in [1.82, 2.24) is 0 Å². The van der Waals surface area contributed by atoms with Gasteiger partial charge in [-0.05, 0) is 25.2 Å². The molecule has 0 aromatic carbocycles. The summed E-state index contributed by atoms with van der Waals surface area (Å²) in [5.41, 5.74) is 6.41. The average Bonchev–Trinajstić information content (AvgIpc) is 2.32. The Morgan fingerprint density at radius 3 is 2.44 bits per heavy atom. The fraction of sp³-hybridized carbons (Fsp3) is 1.00. The summed E-state index contributed by atoms with van der Waals surface area (Å²) in [4.78, 5) is 0. The molecule has 0 amide bonds. The maximum Gasteiger partial charge on any atom is 0.0701 e. The Kier molecular flexibility index (Phi) is 7.82. The third-order valence-electron chi connectivity index (χ3n) is 3.67. The van der Waals surface area contributed by atoms with E-state index in [9.17, 15) is 0 Å². The Labute approximate surface area is 111 Å². The van der Waals surface area contributed by atoms with Crippen LogP contribution >= 0.6 is 0 Å². The summed E-state index contributed by atoms with van der Waals surface area (Å²) in [5.74, 6) is 0.765. The topological polar surface area (TPSA) is 53.7 Å². The monoisotopic (exact) mass is 259 g/mol. The van der Waals surface area contributed by atoms with Gasteiger partial charge in [0.2, 0.25) is 0 Å². The Balaban J connectivity index is 1.96. The molecule has 2 unspecified atom stereocenters. The molecular formula is C14H29NO3. The molecule has 1 aliphatic carbocycles. The molecular weight excluding hydrogens is 230 g/mol. The third kappa shape index (κ3) is 6.69. The second-order valence-corrected chi connectivity index (χ2v) is 5.53. The van der Waals surface area contributed by atoms with Crippen LogP contribution in [0.25, 0.3) is 0 Å². The van der Waals surface area contributed by atoms with Crippen molar-refractivity contribution in [3.8, 4) is 0 Å². The lowest BCUT2D eigenvalue weighted by Crippen LogP contribution is -2.44. The largest absolute Gasteiger partial charge is 0.382 e. The lowest BCUT2D eigenvalue weighted by molar-refractivity contribution is 0.0185. The molecule has 108 valence electrons. The molecule has 0 aromatic heterocycles. The highest BCUT2D eigenvalue weighted by molar-refractivity contribution is 4.89. The van der Waals surface area contributed by atoms with E-state index < -0.39 is 0 Å². The van der Waals surface area contributed by atoms with Gasteiger partial charge < -0.3 is 19.9 Å². The van der Waals surface area contributed by atoms with Gasteiger partial charge in [-0.25, -0.2) is 0 Å². The second kappa shape index (κ2) is 8.86. The van der Waals surface area contributed by atoms with Crippen molar-refractivity contribution in [1.29, 1.82) is 0 Å². The van der Waals surface area contributed by atoms with Crippen LogP contribution in [0.1, 0.15) is 39.0 Å². The number of ether oxygens (including phenoxy) is 3. The van der Waals surface area contributed by atoms with Gasteiger partial charge in [-0.3, -0.25) is 0 Å². The maximum absolute atomic E-state index is 6.40. The van der Waals surface area contributed by atoms with Crippen molar-refractivity contribution in [3.63, 3.8) is 0 Å². The Morgan fingerprint density at radius 2 is 1.78 bits per heavy atom. The van der Waals surface area contributed by atoms with Crippen LogP contribution in [0.3, 0.4) is 0 Å². The van der Waals surface area contributed by atoms with Gasteiger partial charge >= 0.3 is 0 Å². The van der Waals surface area contributed by atoms with Crippen molar-refractivity contribution < 1.29 is 14.2 Å². The van der Waals surface area contributed by atoms with E-state index >= 15 is 0 Å². The van der Waals surface area contributed by atoms with E-state index in [1.165, 1.54) is 12.8 Å². The summed E-state index contributed by atoms with van der Waals surface area (Å²) in [6.45, 7) is 5.61. The van der Waals surface area contributed by atoms with Gasteiger partial charge in [-0.15, -0.1) is 0 Å².